The Morgan fingerprint density at radius 2 is 1.90 bits per heavy atom. The first kappa shape index (κ1) is 24.5. The maximum Gasteiger partial charge on any atom is 0.350 e. The van der Waals surface area contributed by atoms with Crippen LogP contribution in [0.4, 0.5) is 13.2 Å². The Labute approximate surface area is 215 Å². The lowest BCUT2D eigenvalue weighted by Gasteiger charge is -2.14. The van der Waals surface area contributed by atoms with E-state index in [0.717, 1.165) is 22.6 Å². The zero-order chi connectivity index (χ0) is 22.8. The van der Waals surface area contributed by atoms with E-state index in [1.165, 1.54) is 57.4 Å². The van der Waals surface area contributed by atoms with Gasteiger partial charge in [0, 0.05) is 79.2 Å². The average Bonchev–Trinajstić information content (AvgIpc) is 3.08. The van der Waals surface area contributed by atoms with Crippen LogP contribution >= 0.6 is 67.8 Å². The number of pyridine rings is 1. The third-order valence-electron chi connectivity index (χ3n) is 3.94. The number of nitrogens with zero attached hydrogens (tertiary/aromatic N) is 2. The number of hydrogen-bond donors (Lipinski definition) is 2. The summed E-state index contributed by atoms with van der Waals surface area (Å²) in [5.74, 6) is 0.0431. The summed E-state index contributed by atoms with van der Waals surface area (Å²) < 4.78 is 44.6. The van der Waals surface area contributed by atoms with E-state index in [9.17, 15) is 18.0 Å². The Balaban J connectivity index is 1.67. The number of carbonyl (C=O) groups is 1. The van der Waals surface area contributed by atoms with Crippen molar-refractivity contribution in [2.75, 3.05) is 6.61 Å². The molecular weight excluding hydrogens is 758 g/mol. The number of carbonyl (C=O) groups excluding carboxylic acids is 1. The van der Waals surface area contributed by atoms with E-state index < -0.39 is 24.4 Å². The third kappa shape index (κ3) is 7.19. The number of rotatable bonds is 8. The molecule has 0 spiro atoms. The molecular formula is C18H14F3I3N4O3. The van der Waals surface area contributed by atoms with Crippen LogP contribution in [0.1, 0.15) is 29.1 Å². The monoisotopic (exact) mass is 772 g/mol. The van der Waals surface area contributed by atoms with Gasteiger partial charge in [-0.1, -0.05) is 0 Å². The molecule has 0 aliphatic heterocycles. The Morgan fingerprint density at radius 1 is 1.19 bits per heavy atom. The molecule has 0 bridgehead atoms. The highest BCUT2D eigenvalue weighted by atomic mass is 127. The second-order valence-electron chi connectivity index (χ2n) is 6.35. The van der Waals surface area contributed by atoms with Gasteiger partial charge in [-0.25, -0.2) is 0 Å². The zero-order valence-corrected chi connectivity index (χ0v) is 22.1. The SMILES string of the molecule is C[C@@H](NC(=O)c1n[nH]c2cc(OC(F)(I)I)ccc12)c1ccc(OCC(F)(F)I)cn1. The van der Waals surface area contributed by atoms with E-state index in [2.05, 4.69) is 20.5 Å². The van der Waals surface area contributed by atoms with E-state index in [4.69, 9.17) is 9.47 Å². The molecule has 13 heteroatoms. The molecule has 7 nitrogen and oxygen atoms in total. The van der Waals surface area contributed by atoms with Gasteiger partial charge in [-0.05, 0) is 31.2 Å². The minimum Gasteiger partial charge on any atom is -0.485 e. The summed E-state index contributed by atoms with van der Waals surface area (Å²) in [7, 11) is 0. The first-order chi connectivity index (χ1) is 14.4. The molecule has 0 saturated heterocycles. The van der Waals surface area contributed by atoms with Gasteiger partial charge in [-0.3, -0.25) is 14.9 Å². The first-order valence-electron chi connectivity index (χ1n) is 8.61. The second-order valence-corrected chi connectivity index (χ2v) is 12.8. The smallest absolute Gasteiger partial charge is 0.350 e. The van der Waals surface area contributed by atoms with Crippen LogP contribution in [0.25, 0.3) is 10.9 Å². The number of halogens is 6. The van der Waals surface area contributed by atoms with E-state index in [-0.39, 0.29) is 17.2 Å². The molecule has 1 atom stereocenters. The van der Waals surface area contributed by atoms with Crippen molar-refractivity contribution in [3.05, 3.63) is 47.9 Å². The molecule has 0 aliphatic rings. The Hall–Kier alpha value is -1.11. The van der Waals surface area contributed by atoms with Crippen molar-refractivity contribution in [2.24, 2.45) is 0 Å². The molecule has 1 amide bonds. The van der Waals surface area contributed by atoms with Gasteiger partial charge in [-0.15, -0.1) is 0 Å². The van der Waals surface area contributed by atoms with Gasteiger partial charge in [0.2, 0.25) is 0 Å². The van der Waals surface area contributed by atoms with Gasteiger partial charge in [0.15, 0.2) is 12.3 Å². The van der Waals surface area contributed by atoms with Gasteiger partial charge >= 0.3 is 5.80 Å². The minimum atomic E-state index is -2.97. The number of nitrogens with one attached hydrogen (secondary N) is 2. The summed E-state index contributed by atoms with van der Waals surface area (Å²) in [6.07, 6.45) is 1.32. The second kappa shape index (κ2) is 9.80. The molecule has 2 heterocycles. The maximum absolute atomic E-state index is 13.6. The molecule has 2 N–H and O–H groups in total. The van der Waals surface area contributed by atoms with Crippen LogP contribution in [0, 0.1) is 0 Å². The molecule has 0 unspecified atom stereocenters. The van der Waals surface area contributed by atoms with Gasteiger partial charge in [0.05, 0.1) is 23.4 Å². The third-order valence-corrected chi connectivity index (χ3v) is 4.69. The number of aromatic amines is 1. The van der Waals surface area contributed by atoms with E-state index >= 15 is 0 Å². The molecule has 0 aliphatic carbocycles. The minimum absolute atomic E-state index is 0.160. The van der Waals surface area contributed by atoms with Crippen LogP contribution < -0.4 is 14.8 Å². The number of H-pyrrole nitrogens is 1. The number of alkyl halides is 6. The summed E-state index contributed by atoms with van der Waals surface area (Å²) in [6, 6.07) is 7.31. The summed E-state index contributed by atoms with van der Waals surface area (Å²) in [5.41, 5.74) is 1.19. The summed E-state index contributed by atoms with van der Waals surface area (Å²) in [5, 5.41) is 10.1. The van der Waals surface area contributed by atoms with Crippen molar-refractivity contribution in [3.63, 3.8) is 0 Å². The normalized spacial score (nSPS) is 13.1. The van der Waals surface area contributed by atoms with Crippen LogP contribution in [0.2, 0.25) is 0 Å². The number of hydrogen-bond acceptors (Lipinski definition) is 5. The summed E-state index contributed by atoms with van der Waals surface area (Å²) in [6.45, 7) is 0.962. The average molecular weight is 772 g/mol. The fourth-order valence-electron chi connectivity index (χ4n) is 2.61. The molecule has 0 radical (unpaired) electrons. The quantitative estimate of drug-likeness (QED) is 0.227. The molecule has 0 saturated carbocycles. The van der Waals surface area contributed by atoms with Crippen molar-refractivity contribution in [2.45, 2.75) is 18.8 Å². The van der Waals surface area contributed by atoms with Crippen molar-refractivity contribution < 1.29 is 27.4 Å². The molecule has 2 aromatic heterocycles. The van der Waals surface area contributed by atoms with Crippen molar-refractivity contribution >= 4 is 84.6 Å². The van der Waals surface area contributed by atoms with E-state index in [1.54, 1.807) is 31.2 Å². The highest BCUT2D eigenvalue weighted by Gasteiger charge is 2.25. The van der Waals surface area contributed by atoms with Crippen LogP contribution in [0.3, 0.4) is 0 Å². The number of fused-ring (bicyclic) bond motifs is 1. The van der Waals surface area contributed by atoms with Gasteiger partial charge in [0.25, 0.3) is 5.91 Å². The fourth-order valence-corrected chi connectivity index (χ4v) is 3.27. The zero-order valence-electron chi connectivity index (χ0n) is 15.6. The lowest BCUT2D eigenvalue weighted by Crippen LogP contribution is -2.27. The van der Waals surface area contributed by atoms with Gasteiger partial charge < -0.3 is 14.8 Å². The van der Waals surface area contributed by atoms with Gasteiger partial charge in [-0.2, -0.15) is 18.3 Å². The molecule has 0 fully saturated rings. The lowest BCUT2D eigenvalue weighted by molar-refractivity contribution is 0.0645. The Bertz CT molecular complexity index is 1070. The number of ether oxygens (including phenoxy) is 2. The summed E-state index contributed by atoms with van der Waals surface area (Å²) in [4.78, 5) is 16.8. The number of benzene rings is 1. The Morgan fingerprint density at radius 3 is 2.52 bits per heavy atom. The first-order valence-corrected chi connectivity index (χ1v) is 11.8. The standard InChI is InChI=1S/C18H14F3I3N4O3/c1-9(13-5-3-11(7-25-13)30-8-17(19,20)22)26-16(29)15-12-4-2-10(31-18(21,23)24)6-14(12)27-28-15/h2-7,9H,8H2,1H3,(H,26,29)(H,27,28)/t9-/m1/s1. The van der Waals surface area contributed by atoms with E-state index in [1.807, 2.05) is 0 Å². The van der Waals surface area contributed by atoms with Crippen molar-refractivity contribution in [1.82, 2.24) is 20.5 Å². The van der Waals surface area contributed by atoms with E-state index in [0.29, 0.717) is 16.6 Å². The van der Waals surface area contributed by atoms with Crippen LogP contribution in [-0.2, 0) is 0 Å². The summed E-state index contributed by atoms with van der Waals surface area (Å²) >= 11 is 4.01. The van der Waals surface area contributed by atoms with Crippen LogP contribution in [-0.4, -0.2) is 33.5 Å². The maximum atomic E-state index is 13.6. The van der Waals surface area contributed by atoms with Gasteiger partial charge in [0.1, 0.15) is 11.5 Å². The molecule has 166 valence electrons. The number of aromatic nitrogens is 3. The topological polar surface area (TPSA) is 89.1 Å². The Kier molecular flexibility index (Phi) is 7.75. The highest BCUT2D eigenvalue weighted by Crippen LogP contribution is 2.34. The van der Waals surface area contributed by atoms with Crippen molar-refractivity contribution in [3.8, 4) is 11.5 Å². The largest absolute Gasteiger partial charge is 0.485 e. The predicted octanol–water partition coefficient (Wildman–Crippen LogP) is 5.69. The fraction of sp³-hybridized carbons (Fsp3) is 0.278. The van der Waals surface area contributed by atoms with Crippen LogP contribution in [0.15, 0.2) is 36.5 Å². The van der Waals surface area contributed by atoms with Crippen LogP contribution in [0.5, 0.6) is 11.5 Å². The number of amides is 1. The molecule has 3 rings (SSSR count). The predicted molar refractivity (Wildman–Crippen MR) is 133 cm³/mol. The van der Waals surface area contributed by atoms with Crippen molar-refractivity contribution in [1.29, 1.82) is 0 Å². The molecule has 31 heavy (non-hydrogen) atoms. The molecule has 3 aromatic rings. The highest BCUT2D eigenvalue weighted by molar-refractivity contribution is 14.2. The lowest BCUT2D eigenvalue weighted by atomic mass is 10.1. The molecule has 1 aromatic carbocycles.